The fourth-order valence-electron chi connectivity index (χ4n) is 4.93. The summed E-state index contributed by atoms with van der Waals surface area (Å²) in [6.45, 7) is 4.38. The van der Waals surface area contributed by atoms with E-state index in [1.807, 2.05) is 0 Å². The standard InChI is InChI=1S/C30H23N/c1-20-8-3-5-12-26(20)31(27-13-6-4-9-21(27)2)28-19-17-24-15-14-22-10-7-11-23-16-18-25(28)30(24)29(22)23/h3-19H,1-2H3. The highest BCUT2D eigenvalue weighted by Crippen LogP contribution is 2.45. The maximum atomic E-state index is 2.43. The van der Waals surface area contributed by atoms with Gasteiger partial charge in [-0.2, -0.15) is 0 Å². The van der Waals surface area contributed by atoms with Crippen LogP contribution in [0.2, 0.25) is 0 Å². The fraction of sp³-hybridized carbons (Fsp3) is 0.0667. The monoisotopic (exact) mass is 397 g/mol. The Hall–Kier alpha value is -3.84. The molecule has 0 saturated carbocycles. The summed E-state index contributed by atoms with van der Waals surface area (Å²) in [6, 6.07) is 37.5. The Morgan fingerprint density at radius 2 is 0.935 bits per heavy atom. The molecule has 6 rings (SSSR count). The Bertz CT molecular complexity index is 1500. The number of rotatable bonds is 3. The molecule has 1 nitrogen and oxygen atoms in total. The summed E-state index contributed by atoms with van der Waals surface area (Å²) < 4.78 is 0. The number of nitrogens with zero attached hydrogens (tertiary/aromatic N) is 1. The molecule has 31 heavy (non-hydrogen) atoms. The minimum Gasteiger partial charge on any atom is -0.309 e. The molecule has 0 unspecified atom stereocenters. The van der Waals surface area contributed by atoms with E-state index in [0.717, 1.165) is 0 Å². The summed E-state index contributed by atoms with van der Waals surface area (Å²) in [5.74, 6) is 0. The molecule has 1 heteroatoms. The molecule has 0 bridgehead atoms. The van der Waals surface area contributed by atoms with Gasteiger partial charge in [-0.25, -0.2) is 0 Å². The predicted molar refractivity (Wildman–Crippen MR) is 134 cm³/mol. The molecule has 0 aromatic heterocycles. The van der Waals surface area contributed by atoms with Crippen LogP contribution in [-0.4, -0.2) is 0 Å². The second-order valence-electron chi connectivity index (χ2n) is 8.35. The first-order chi connectivity index (χ1) is 15.2. The van der Waals surface area contributed by atoms with E-state index < -0.39 is 0 Å². The summed E-state index contributed by atoms with van der Waals surface area (Å²) in [4.78, 5) is 2.43. The molecule has 0 atom stereocenters. The Morgan fingerprint density at radius 3 is 1.55 bits per heavy atom. The second kappa shape index (κ2) is 6.85. The molecule has 0 heterocycles. The maximum absolute atomic E-state index is 2.43. The second-order valence-corrected chi connectivity index (χ2v) is 8.35. The normalized spacial score (nSPS) is 11.5. The Morgan fingerprint density at radius 1 is 0.419 bits per heavy atom. The lowest BCUT2D eigenvalue weighted by atomic mass is 9.93. The number of hydrogen-bond acceptors (Lipinski definition) is 1. The van der Waals surface area contributed by atoms with Crippen molar-refractivity contribution in [3.63, 3.8) is 0 Å². The molecule has 0 N–H and O–H groups in total. The highest BCUT2D eigenvalue weighted by molar-refractivity contribution is 6.25. The third kappa shape index (κ3) is 2.70. The number of anilines is 3. The maximum Gasteiger partial charge on any atom is 0.0540 e. The number of para-hydroxylation sites is 2. The molecular weight excluding hydrogens is 374 g/mol. The van der Waals surface area contributed by atoms with Crippen LogP contribution in [0.4, 0.5) is 17.1 Å². The van der Waals surface area contributed by atoms with Gasteiger partial charge in [-0.3, -0.25) is 0 Å². The van der Waals surface area contributed by atoms with Gasteiger partial charge < -0.3 is 4.90 Å². The van der Waals surface area contributed by atoms with Crippen LogP contribution in [0.15, 0.2) is 103 Å². The number of aryl methyl sites for hydroxylation is 2. The molecular formula is C30H23N. The third-order valence-electron chi connectivity index (χ3n) is 6.46. The first-order valence-corrected chi connectivity index (χ1v) is 10.8. The van der Waals surface area contributed by atoms with Crippen molar-refractivity contribution in [2.75, 3.05) is 4.90 Å². The molecule has 6 aromatic rings. The van der Waals surface area contributed by atoms with Crippen molar-refractivity contribution in [1.29, 1.82) is 0 Å². The van der Waals surface area contributed by atoms with Crippen LogP contribution < -0.4 is 4.90 Å². The summed E-state index contributed by atoms with van der Waals surface area (Å²) in [5.41, 5.74) is 6.17. The number of hydrogen-bond donors (Lipinski definition) is 0. The van der Waals surface area contributed by atoms with Gasteiger partial charge >= 0.3 is 0 Å². The summed E-state index contributed by atoms with van der Waals surface area (Å²) in [6.07, 6.45) is 0. The average molecular weight is 398 g/mol. The first kappa shape index (κ1) is 18.0. The molecule has 0 amide bonds. The minimum absolute atomic E-state index is 1.21. The van der Waals surface area contributed by atoms with Crippen LogP contribution in [0.5, 0.6) is 0 Å². The lowest BCUT2D eigenvalue weighted by Gasteiger charge is -2.30. The number of benzene rings is 6. The van der Waals surface area contributed by atoms with Crippen LogP contribution in [-0.2, 0) is 0 Å². The first-order valence-electron chi connectivity index (χ1n) is 10.8. The Labute approximate surface area is 182 Å². The van der Waals surface area contributed by atoms with E-state index in [4.69, 9.17) is 0 Å². The van der Waals surface area contributed by atoms with E-state index in [1.54, 1.807) is 0 Å². The van der Waals surface area contributed by atoms with Gasteiger partial charge in [0.2, 0.25) is 0 Å². The van der Waals surface area contributed by atoms with Gasteiger partial charge in [0.25, 0.3) is 0 Å². The van der Waals surface area contributed by atoms with Gasteiger partial charge in [0.15, 0.2) is 0 Å². The summed E-state index contributed by atoms with van der Waals surface area (Å²) in [5, 5.41) is 7.87. The van der Waals surface area contributed by atoms with Crippen molar-refractivity contribution in [3.05, 3.63) is 114 Å². The van der Waals surface area contributed by atoms with E-state index in [0.29, 0.717) is 0 Å². The van der Waals surface area contributed by atoms with Gasteiger partial charge in [-0.15, -0.1) is 0 Å². The van der Waals surface area contributed by atoms with Crippen LogP contribution >= 0.6 is 0 Å². The molecule has 0 aliphatic heterocycles. The predicted octanol–water partition coefficient (Wildman–Crippen LogP) is 8.67. The largest absolute Gasteiger partial charge is 0.309 e. The van der Waals surface area contributed by atoms with Crippen molar-refractivity contribution < 1.29 is 0 Å². The van der Waals surface area contributed by atoms with Gasteiger partial charge in [0, 0.05) is 16.8 Å². The van der Waals surface area contributed by atoms with E-state index in [-0.39, 0.29) is 0 Å². The third-order valence-corrected chi connectivity index (χ3v) is 6.46. The zero-order valence-corrected chi connectivity index (χ0v) is 17.8. The van der Waals surface area contributed by atoms with E-state index in [2.05, 4.69) is 122 Å². The molecule has 0 radical (unpaired) electrons. The van der Waals surface area contributed by atoms with Gasteiger partial charge in [-0.05, 0) is 70.1 Å². The zero-order valence-electron chi connectivity index (χ0n) is 17.8. The highest BCUT2D eigenvalue weighted by Gasteiger charge is 2.20. The van der Waals surface area contributed by atoms with Crippen LogP contribution in [0.3, 0.4) is 0 Å². The van der Waals surface area contributed by atoms with Crippen molar-refractivity contribution in [2.45, 2.75) is 13.8 Å². The van der Waals surface area contributed by atoms with Crippen molar-refractivity contribution in [1.82, 2.24) is 0 Å². The van der Waals surface area contributed by atoms with Gasteiger partial charge in [0.05, 0.1) is 5.69 Å². The van der Waals surface area contributed by atoms with E-state index in [9.17, 15) is 0 Å². The molecule has 148 valence electrons. The average Bonchev–Trinajstić information content (AvgIpc) is 2.80. The Kier molecular flexibility index (Phi) is 3.97. The van der Waals surface area contributed by atoms with Crippen LogP contribution in [0, 0.1) is 13.8 Å². The molecule has 0 aliphatic carbocycles. The van der Waals surface area contributed by atoms with Crippen LogP contribution in [0.25, 0.3) is 32.3 Å². The van der Waals surface area contributed by atoms with Crippen molar-refractivity contribution >= 4 is 49.4 Å². The lowest BCUT2D eigenvalue weighted by Crippen LogP contribution is -2.13. The molecule has 6 aromatic carbocycles. The molecule has 0 spiro atoms. The topological polar surface area (TPSA) is 3.24 Å². The van der Waals surface area contributed by atoms with E-state index >= 15 is 0 Å². The highest BCUT2D eigenvalue weighted by atomic mass is 15.1. The smallest absolute Gasteiger partial charge is 0.0540 e. The molecule has 0 fully saturated rings. The molecule has 0 saturated heterocycles. The summed E-state index contributed by atoms with van der Waals surface area (Å²) >= 11 is 0. The fourth-order valence-corrected chi connectivity index (χ4v) is 4.93. The SMILES string of the molecule is Cc1ccccc1N(c1ccccc1C)c1ccc2ccc3cccc4ccc1c2c34. The minimum atomic E-state index is 1.21. The lowest BCUT2D eigenvalue weighted by molar-refractivity contribution is 1.24. The van der Waals surface area contributed by atoms with Gasteiger partial charge in [0.1, 0.15) is 0 Å². The Balaban J connectivity index is 1.75. The van der Waals surface area contributed by atoms with Gasteiger partial charge in [-0.1, -0.05) is 84.9 Å². The zero-order chi connectivity index (χ0) is 20.9. The van der Waals surface area contributed by atoms with Crippen molar-refractivity contribution in [2.24, 2.45) is 0 Å². The molecule has 0 aliphatic rings. The summed E-state index contributed by atoms with van der Waals surface area (Å²) in [7, 11) is 0. The quantitative estimate of drug-likeness (QED) is 0.270. The van der Waals surface area contributed by atoms with E-state index in [1.165, 1.54) is 60.5 Å². The van der Waals surface area contributed by atoms with Crippen molar-refractivity contribution in [3.8, 4) is 0 Å². The van der Waals surface area contributed by atoms with Crippen LogP contribution in [0.1, 0.15) is 11.1 Å².